The molecule has 0 radical (unpaired) electrons. The largest absolute Gasteiger partial charge is 0.338 e. The summed E-state index contributed by atoms with van der Waals surface area (Å²) in [6, 6.07) is 18.0. The third-order valence-electron chi connectivity index (χ3n) is 4.64. The highest BCUT2D eigenvalue weighted by atomic mass is 32.2. The maximum Gasteiger partial charge on any atom is 0.227 e. The van der Waals surface area contributed by atoms with E-state index in [0.717, 1.165) is 28.3 Å². The number of thioether (sulfide) groups is 1. The highest BCUT2D eigenvalue weighted by Crippen LogP contribution is 2.34. The molecule has 1 aliphatic rings. The van der Waals surface area contributed by atoms with E-state index in [9.17, 15) is 9.59 Å². The van der Waals surface area contributed by atoms with Crippen molar-refractivity contribution in [3.63, 3.8) is 0 Å². The van der Waals surface area contributed by atoms with Crippen molar-refractivity contribution in [2.24, 2.45) is 0 Å². The van der Waals surface area contributed by atoms with Gasteiger partial charge in [0.25, 0.3) is 0 Å². The van der Waals surface area contributed by atoms with Gasteiger partial charge in [0.2, 0.25) is 11.8 Å². The third-order valence-corrected chi connectivity index (χ3v) is 5.69. The Balaban J connectivity index is 1.59. The summed E-state index contributed by atoms with van der Waals surface area (Å²) < 4.78 is 0. The van der Waals surface area contributed by atoms with Gasteiger partial charge in [0.05, 0.1) is 5.69 Å². The van der Waals surface area contributed by atoms with Crippen molar-refractivity contribution in [2.45, 2.75) is 37.6 Å². The van der Waals surface area contributed by atoms with Gasteiger partial charge in [-0.3, -0.25) is 9.59 Å². The number of hydrogen-bond donors (Lipinski definition) is 0. The molecule has 0 unspecified atom stereocenters. The maximum atomic E-state index is 12.7. The Kier molecular flexibility index (Phi) is 6.93. The van der Waals surface area contributed by atoms with Crippen molar-refractivity contribution < 1.29 is 9.59 Å². The van der Waals surface area contributed by atoms with E-state index < -0.39 is 0 Å². The molecule has 0 N–H and O–H groups in total. The number of carbonyl (C=O) groups excluding carboxylic acids is 2. The van der Waals surface area contributed by atoms with Crippen LogP contribution in [-0.4, -0.2) is 35.6 Å². The summed E-state index contributed by atoms with van der Waals surface area (Å²) in [5.74, 6) is 0.980. The van der Waals surface area contributed by atoms with E-state index >= 15 is 0 Å². The van der Waals surface area contributed by atoms with Gasteiger partial charge in [0.15, 0.2) is 0 Å². The molecule has 0 atom stereocenters. The van der Waals surface area contributed by atoms with Gasteiger partial charge in [-0.1, -0.05) is 49.4 Å². The number of para-hydroxylation sites is 1. The maximum absolute atomic E-state index is 12.7. The van der Waals surface area contributed by atoms with Crippen LogP contribution in [0, 0.1) is 0 Å². The average Bonchev–Trinajstić information content (AvgIpc) is 2.71. The molecule has 5 heteroatoms. The summed E-state index contributed by atoms with van der Waals surface area (Å²) in [7, 11) is 0. The van der Waals surface area contributed by atoms with Crippen LogP contribution in [0.4, 0.5) is 5.69 Å². The highest BCUT2D eigenvalue weighted by Gasteiger charge is 2.23. The third kappa shape index (κ3) is 5.13. The van der Waals surface area contributed by atoms with Crippen molar-refractivity contribution >= 4 is 29.3 Å². The summed E-state index contributed by atoms with van der Waals surface area (Å²) in [6.07, 6.45) is 1.42. The Bertz CT molecular complexity index is 779. The number of carbonyl (C=O) groups is 2. The molecule has 2 amide bonds. The monoisotopic (exact) mass is 382 g/mol. The standard InChI is InChI=1S/C22H26N2O2S/c1-2-14-23(17-18-8-4-3-5-9-18)21(25)12-13-22(26)24-15-16-27-20-11-7-6-10-19(20)24/h3-11H,2,12-17H2,1H3. The molecule has 4 nitrogen and oxygen atoms in total. The van der Waals surface area contributed by atoms with Crippen LogP contribution in [0.1, 0.15) is 31.7 Å². The molecular formula is C22H26N2O2S. The van der Waals surface area contributed by atoms with E-state index in [1.807, 2.05) is 64.4 Å². The minimum Gasteiger partial charge on any atom is -0.338 e. The van der Waals surface area contributed by atoms with Crippen molar-refractivity contribution in [3.8, 4) is 0 Å². The molecule has 0 aliphatic carbocycles. The zero-order valence-electron chi connectivity index (χ0n) is 15.8. The molecule has 3 rings (SSSR count). The second-order valence-corrected chi connectivity index (χ2v) is 7.80. The van der Waals surface area contributed by atoms with Crippen LogP contribution in [0.5, 0.6) is 0 Å². The van der Waals surface area contributed by atoms with Crippen LogP contribution in [0.15, 0.2) is 59.5 Å². The second kappa shape index (κ2) is 9.60. The predicted octanol–water partition coefficient (Wildman–Crippen LogP) is 4.34. The number of amides is 2. The predicted molar refractivity (Wildman–Crippen MR) is 111 cm³/mol. The Morgan fingerprint density at radius 3 is 2.56 bits per heavy atom. The molecule has 0 spiro atoms. The summed E-state index contributed by atoms with van der Waals surface area (Å²) in [5.41, 5.74) is 2.09. The first-order valence-electron chi connectivity index (χ1n) is 9.53. The van der Waals surface area contributed by atoms with Crippen molar-refractivity contribution in [3.05, 3.63) is 60.2 Å². The van der Waals surface area contributed by atoms with Crippen molar-refractivity contribution in [1.29, 1.82) is 0 Å². The summed E-state index contributed by atoms with van der Waals surface area (Å²) in [6.45, 7) is 4.09. The smallest absolute Gasteiger partial charge is 0.227 e. The minimum atomic E-state index is 0.0345. The normalized spacial score (nSPS) is 13.1. The van der Waals surface area contributed by atoms with E-state index in [2.05, 4.69) is 6.92 Å². The van der Waals surface area contributed by atoms with Gasteiger partial charge in [-0.2, -0.15) is 0 Å². The van der Waals surface area contributed by atoms with Gasteiger partial charge in [-0.05, 0) is 24.1 Å². The quantitative estimate of drug-likeness (QED) is 0.715. The van der Waals surface area contributed by atoms with Gasteiger partial charge in [0, 0.05) is 43.1 Å². The summed E-state index contributed by atoms with van der Waals surface area (Å²) in [4.78, 5) is 30.3. The van der Waals surface area contributed by atoms with E-state index in [1.54, 1.807) is 11.8 Å². The fourth-order valence-electron chi connectivity index (χ4n) is 3.30. The molecule has 2 aromatic rings. The SMILES string of the molecule is CCCN(Cc1ccccc1)C(=O)CCC(=O)N1CCSc2ccccc21. The molecule has 1 aliphatic heterocycles. The van der Waals surface area contributed by atoms with Crippen LogP contribution < -0.4 is 4.90 Å². The summed E-state index contributed by atoms with van der Waals surface area (Å²) in [5, 5.41) is 0. The Morgan fingerprint density at radius 1 is 1.04 bits per heavy atom. The number of hydrogen-bond acceptors (Lipinski definition) is 3. The van der Waals surface area contributed by atoms with Crippen LogP contribution >= 0.6 is 11.8 Å². The zero-order chi connectivity index (χ0) is 19.1. The Labute approximate surface area is 165 Å². The molecule has 1 heterocycles. The fraction of sp³-hybridized carbons (Fsp3) is 0.364. The molecule has 2 aromatic carbocycles. The van der Waals surface area contributed by atoms with Crippen LogP contribution in [-0.2, 0) is 16.1 Å². The van der Waals surface area contributed by atoms with Crippen LogP contribution in [0.3, 0.4) is 0 Å². The lowest BCUT2D eigenvalue weighted by Crippen LogP contribution is -2.37. The van der Waals surface area contributed by atoms with Gasteiger partial charge in [-0.15, -0.1) is 11.8 Å². The number of benzene rings is 2. The fourth-order valence-corrected chi connectivity index (χ4v) is 4.30. The highest BCUT2D eigenvalue weighted by molar-refractivity contribution is 7.99. The van der Waals surface area contributed by atoms with Gasteiger partial charge in [-0.25, -0.2) is 0 Å². The molecule has 0 bridgehead atoms. The van der Waals surface area contributed by atoms with Gasteiger partial charge < -0.3 is 9.80 Å². The van der Waals surface area contributed by atoms with Crippen molar-refractivity contribution in [1.82, 2.24) is 4.90 Å². The molecule has 0 saturated carbocycles. The van der Waals surface area contributed by atoms with E-state index in [-0.39, 0.29) is 24.7 Å². The van der Waals surface area contributed by atoms with E-state index in [4.69, 9.17) is 0 Å². The number of nitrogens with zero attached hydrogens (tertiary/aromatic N) is 2. The summed E-state index contributed by atoms with van der Waals surface area (Å²) >= 11 is 1.78. The molecule has 0 fully saturated rings. The number of fused-ring (bicyclic) bond motifs is 1. The molecule has 0 aromatic heterocycles. The van der Waals surface area contributed by atoms with E-state index in [1.165, 1.54) is 0 Å². The number of anilines is 1. The molecule has 142 valence electrons. The first-order chi connectivity index (χ1) is 13.2. The van der Waals surface area contributed by atoms with E-state index in [0.29, 0.717) is 19.6 Å². The van der Waals surface area contributed by atoms with Crippen molar-refractivity contribution in [2.75, 3.05) is 23.7 Å². The number of rotatable bonds is 7. The lowest BCUT2D eigenvalue weighted by Gasteiger charge is -2.29. The first-order valence-corrected chi connectivity index (χ1v) is 10.5. The lowest BCUT2D eigenvalue weighted by atomic mass is 10.1. The Morgan fingerprint density at radius 2 is 1.78 bits per heavy atom. The van der Waals surface area contributed by atoms with Crippen LogP contribution in [0.25, 0.3) is 0 Å². The topological polar surface area (TPSA) is 40.6 Å². The second-order valence-electron chi connectivity index (χ2n) is 6.66. The molecule has 0 saturated heterocycles. The lowest BCUT2D eigenvalue weighted by molar-refractivity contribution is -0.133. The van der Waals surface area contributed by atoms with Gasteiger partial charge >= 0.3 is 0 Å². The minimum absolute atomic E-state index is 0.0345. The first kappa shape index (κ1) is 19.5. The van der Waals surface area contributed by atoms with Gasteiger partial charge in [0.1, 0.15) is 0 Å². The Hall–Kier alpha value is -2.27. The molecule has 27 heavy (non-hydrogen) atoms. The average molecular weight is 383 g/mol. The molecular weight excluding hydrogens is 356 g/mol. The zero-order valence-corrected chi connectivity index (χ0v) is 16.6. The van der Waals surface area contributed by atoms with Crippen LogP contribution in [0.2, 0.25) is 0 Å².